The van der Waals surface area contributed by atoms with Gasteiger partial charge in [0, 0.05) is 12.7 Å². The molecule has 0 radical (unpaired) electrons. The molecule has 1 saturated heterocycles. The fourth-order valence-corrected chi connectivity index (χ4v) is 4.84. The van der Waals surface area contributed by atoms with Crippen LogP contribution in [0.25, 0.3) is 0 Å². The molecule has 3 rings (SSSR count). The van der Waals surface area contributed by atoms with Crippen molar-refractivity contribution in [3.8, 4) is 0 Å². The standard InChI is InChI=1S/C21H27N3O3S/c1-17-9-6-7-14-24(17)16-21(25)22-18-10-8-13-20(15-18)28(26,27)23(2)19-11-4-3-5-12-19/h3-5,8,10-13,15,17H,6-7,9,14,16H2,1-2H3,(H,22,25)/p+1/t17-/m1/s1. The lowest BCUT2D eigenvalue weighted by Crippen LogP contribution is -3.17. The van der Waals surface area contributed by atoms with Gasteiger partial charge in [0.05, 0.1) is 23.2 Å². The summed E-state index contributed by atoms with van der Waals surface area (Å²) in [5.41, 5.74) is 1.08. The van der Waals surface area contributed by atoms with Gasteiger partial charge in [-0.2, -0.15) is 0 Å². The predicted octanol–water partition coefficient (Wildman–Crippen LogP) is 1.91. The van der Waals surface area contributed by atoms with Crippen molar-refractivity contribution in [2.24, 2.45) is 0 Å². The highest BCUT2D eigenvalue weighted by Crippen LogP contribution is 2.23. The molecular weight excluding hydrogens is 374 g/mol. The monoisotopic (exact) mass is 402 g/mol. The number of anilines is 2. The summed E-state index contributed by atoms with van der Waals surface area (Å²) in [4.78, 5) is 13.9. The molecular formula is C21H28N3O3S+. The van der Waals surface area contributed by atoms with Crippen molar-refractivity contribution >= 4 is 27.3 Å². The number of para-hydroxylation sites is 1. The largest absolute Gasteiger partial charge is 0.325 e. The van der Waals surface area contributed by atoms with E-state index >= 15 is 0 Å². The van der Waals surface area contributed by atoms with Crippen LogP contribution in [-0.2, 0) is 14.8 Å². The van der Waals surface area contributed by atoms with Crippen molar-refractivity contribution in [2.45, 2.75) is 37.1 Å². The summed E-state index contributed by atoms with van der Waals surface area (Å²) in [6.07, 6.45) is 3.51. The van der Waals surface area contributed by atoms with Crippen LogP contribution in [-0.4, -0.2) is 40.5 Å². The van der Waals surface area contributed by atoms with Crippen LogP contribution in [0.2, 0.25) is 0 Å². The molecule has 1 fully saturated rings. The van der Waals surface area contributed by atoms with Crippen molar-refractivity contribution in [3.63, 3.8) is 0 Å². The van der Waals surface area contributed by atoms with Gasteiger partial charge in [-0.3, -0.25) is 9.10 Å². The molecule has 2 N–H and O–H groups in total. The fraction of sp³-hybridized carbons (Fsp3) is 0.381. The molecule has 2 aromatic carbocycles. The van der Waals surface area contributed by atoms with E-state index in [-0.39, 0.29) is 10.8 Å². The van der Waals surface area contributed by atoms with Crippen LogP contribution in [0.1, 0.15) is 26.2 Å². The maximum atomic E-state index is 12.9. The molecule has 0 aliphatic carbocycles. The van der Waals surface area contributed by atoms with Gasteiger partial charge in [-0.15, -0.1) is 0 Å². The van der Waals surface area contributed by atoms with Crippen LogP contribution in [0.15, 0.2) is 59.5 Å². The highest BCUT2D eigenvalue weighted by atomic mass is 32.2. The van der Waals surface area contributed by atoms with Crippen molar-refractivity contribution in [3.05, 3.63) is 54.6 Å². The average molecular weight is 403 g/mol. The molecule has 1 amide bonds. The average Bonchev–Trinajstić information content (AvgIpc) is 2.70. The number of rotatable bonds is 6. The van der Waals surface area contributed by atoms with Gasteiger partial charge in [0.25, 0.3) is 15.9 Å². The van der Waals surface area contributed by atoms with Crippen LogP contribution in [0.5, 0.6) is 0 Å². The zero-order valence-corrected chi connectivity index (χ0v) is 17.2. The van der Waals surface area contributed by atoms with E-state index in [2.05, 4.69) is 12.2 Å². The number of benzene rings is 2. The predicted molar refractivity (Wildman–Crippen MR) is 111 cm³/mol. The molecule has 0 aromatic heterocycles. The Kier molecular flexibility index (Phi) is 6.36. The quantitative estimate of drug-likeness (QED) is 0.775. The Morgan fingerprint density at radius 3 is 2.61 bits per heavy atom. The highest BCUT2D eigenvalue weighted by molar-refractivity contribution is 7.92. The third kappa shape index (κ3) is 4.72. The number of carbonyl (C=O) groups excluding carboxylic acids is 1. The lowest BCUT2D eigenvalue weighted by molar-refractivity contribution is -0.920. The molecule has 0 saturated carbocycles. The zero-order chi connectivity index (χ0) is 20.1. The number of sulfonamides is 1. The summed E-state index contributed by atoms with van der Waals surface area (Å²) in [7, 11) is -2.18. The summed E-state index contributed by atoms with van der Waals surface area (Å²) < 4.78 is 27.1. The second-order valence-electron chi connectivity index (χ2n) is 7.37. The Morgan fingerprint density at radius 2 is 1.89 bits per heavy atom. The molecule has 6 nitrogen and oxygen atoms in total. The van der Waals surface area contributed by atoms with Crippen molar-refractivity contribution in [1.29, 1.82) is 0 Å². The molecule has 150 valence electrons. The number of hydrogen-bond donors (Lipinski definition) is 2. The Hall–Kier alpha value is -2.38. The Morgan fingerprint density at radius 1 is 1.14 bits per heavy atom. The molecule has 1 heterocycles. The van der Waals surface area contributed by atoms with Crippen molar-refractivity contribution in [2.75, 3.05) is 29.8 Å². The van der Waals surface area contributed by atoms with Gasteiger partial charge in [0.2, 0.25) is 0 Å². The molecule has 0 spiro atoms. The molecule has 2 atom stereocenters. The second-order valence-corrected chi connectivity index (χ2v) is 9.34. The van der Waals surface area contributed by atoms with Gasteiger partial charge in [-0.05, 0) is 56.5 Å². The minimum absolute atomic E-state index is 0.0882. The summed E-state index contributed by atoms with van der Waals surface area (Å²) in [5.74, 6) is -0.0882. The first kappa shape index (κ1) is 20.4. The molecule has 2 aromatic rings. The van der Waals surface area contributed by atoms with Gasteiger partial charge in [0.15, 0.2) is 6.54 Å². The van der Waals surface area contributed by atoms with Crippen molar-refractivity contribution in [1.82, 2.24) is 0 Å². The molecule has 1 aliphatic heterocycles. The first-order valence-corrected chi connectivity index (χ1v) is 11.1. The number of likely N-dealkylation sites (tertiary alicyclic amines) is 1. The van der Waals surface area contributed by atoms with E-state index in [0.29, 0.717) is 24.0 Å². The first-order valence-electron chi connectivity index (χ1n) is 9.66. The van der Waals surface area contributed by atoms with Gasteiger partial charge >= 0.3 is 0 Å². The zero-order valence-electron chi connectivity index (χ0n) is 16.4. The highest BCUT2D eigenvalue weighted by Gasteiger charge is 2.25. The molecule has 1 unspecified atom stereocenters. The Labute approximate surface area is 167 Å². The van der Waals surface area contributed by atoms with E-state index in [1.165, 1.54) is 28.7 Å². The summed E-state index contributed by atoms with van der Waals surface area (Å²) in [6.45, 7) is 3.58. The normalized spacial score (nSPS) is 19.8. The number of carbonyl (C=O) groups is 1. The number of hydrogen-bond acceptors (Lipinski definition) is 3. The number of piperidine rings is 1. The maximum absolute atomic E-state index is 12.9. The molecule has 0 bridgehead atoms. The van der Waals surface area contributed by atoms with E-state index in [4.69, 9.17) is 0 Å². The minimum Gasteiger partial charge on any atom is -0.325 e. The van der Waals surface area contributed by atoms with E-state index in [1.54, 1.807) is 42.5 Å². The number of nitrogens with one attached hydrogen (secondary N) is 2. The Balaban J connectivity index is 1.72. The van der Waals surface area contributed by atoms with Crippen LogP contribution in [0, 0.1) is 0 Å². The van der Waals surface area contributed by atoms with E-state index in [9.17, 15) is 13.2 Å². The second kappa shape index (κ2) is 8.75. The van der Waals surface area contributed by atoms with E-state index < -0.39 is 10.0 Å². The maximum Gasteiger partial charge on any atom is 0.279 e. The number of quaternary nitrogens is 1. The van der Waals surface area contributed by atoms with Crippen LogP contribution in [0.3, 0.4) is 0 Å². The van der Waals surface area contributed by atoms with Crippen molar-refractivity contribution < 1.29 is 18.1 Å². The third-order valence-electron chi connectivity index (χ3n) is 5.37. The van der Waals surface area contributed by atoms with Gasteiger partial charge < -0.3 is 10.2 Å². The van der Waals surface area contributed by atoms with Crippen LogP contribution >= 0.6 is 0 Å². The Bertz CT molecular complexity index is 916. The summed E-state index contributed by atoms with van der Waals surface area (Å²) in [6, 6.07) is 15.8. The molecule has 28 heavy (non-hydrogen) atoms. The SMILES string of the molecule is C[C@@H]1CCCC[NH+]1CC(=O)Nc1cccc(S(=O)(=O)N(C)c2ccccc2)c1. The summed E-state index contributed by atoms with van der Waals surface area (Å²) in [5, 5.41) is 2.86. The molecule has 1 aliphatic rings. The van der Waals surface area contributed by atoms with Gasteiger partial charge in [-0.1, -0.05) is 24.3 Å². The lowest BCUT2D eigenvalue weighted by Gasteiger charge is -2.29. The topological polar surface area (TPSA) is 70.9 Å². The molecule has 7 heteroatoms. The number of nitrogens with zero attached hydrogens (tertiary/aromatic N) is 1. The van der Waals surface area contributed by atoms with Crippen LogP contribution < -0.4 is 14.5 Å². The summed E-state index contributed by atoms with van der Waals surface area (Å²) >= 11 is 0. The lowest BCUT2D eigenvalue weighted by atomic mass is 10.0. The van der Waals surface area contributed by atoms with Crippen LogP contribution in [0.4, 0.5) is 11.4 Å². The van der Waals surface area contributed by atoms with Gasteiger partial charge in [-0.25, -0.2) is 8.42 Å². The number of amides is 1. The van der Waals surface area contributed by atoms with E-state index in [1.807, 2.05) is 6.07 Å². The smallest absolute Gasteiger partial charge is 0.279 e. The van der Waals surface area contributed by atoms with Gasteiger partial charge in [0.1, 0.15) is 0 Å². The fourth-order valence-electron chi connectivity index (χ4n) is 3.60. The first-order chi connectivity index (χ1) is 13.4. The minimum atomic E-state index is -3.71. The third-order valence-corrected chi connectivity index (χ3v) is 7.15. The van der Waals surface area contributed by atoms with E-state index in [0.717, 1.165) is 19.4 Å².